The van der Waals surface area contributed by atoms with Gasteiger partial charge in [0.1, 0.15) is 11.6 Å². The Morgan fingerprint density at radius 1 is 1.16 bits per heavy atom. The summed E-state index contributed by atoms with van der Waals surface area (Å²) in [7, 11) is -3.56. The predicted molar refractivity (Wildman–Crippen MR) is 97.3 cm³/mol. The van der Waals surface area contributed by atoms with Gasteiger partial charge in [-0.15, -0.1) is 0 Å². The summed E-state index contributed by atoms with van der Waals surface area (Å²) in [6.45, 7) is 4.69. The molecule has 1 aromatic heterocycles. The van der Waals surface area contributed by atoms with Crippen LogP contribution >= 0.6 is 0 Å². The number of nitrogens with zero attached hydrogens (tertiary/aromatic N) is 2. The van der Waals surface area contributed by atoms with Gasteiger partial charge in [-0.3, -0.25) is 0 Å². The maximum atomic E-state index is 12.4. The maximum absolute atomic E-state index is 12.4. The molecule has 0 bridgehead atoms. The third-order valence-corrected chi connectivity index (χ3v) is 5.57. The van der Waals surface area contributed by atoms with Gasteiger partial charge in [0.15, 0.2) is 0 Å². The topological polar surface area (TPSA) is 71.5 Å². The fourth-order valence-corrected chi connectivity index (χ4v) is 3.85. The van der Waals surface area contributed by atoms with Crippen LogP contribution in [0.25, 0.3) is 0 Å². The summed E-state index contributed by atoms with van der Waals surface area (Å²) in [5, 5.41) is 0. The number of benzene rings is 1. The SMILES string of the molecule is CCOc1ccc(S(=O)(=O)NCc2ccnc(N3CCCC3)c2)cc1. The van der Waals surface area contributed by atoms with E-state index in [0.717, 1.165) is 24.5 Å². The van der Waals surface area contributed by atoms with E-state index in [1.54, 1.807) is 30.5 Å². The largest absolute Gasteiger partial charge is 0.494 e. The zero-order valence-corrected chi connectivity index (χ0v) is 15.1. The second-order valence-corrected chi connectivity index (χ2v) is 7.71. The number of ether oxygens (including phenoxy) is 1. The number of hydrogen-bond donors (Lipinski definition) is 1. The standard InChI is InChI=1S/C18H23N3O3S/c1-2-24-16-5-7-17(8-6-16)25(22,23)20-14-15-9-10-19-18(13-15)21-11-3-4-12-21/h5-10,13,20H,2-4,11-12,14H2,1H3. The Morgan fingerprint density at radius 3 is 2.56 bits per heavy atom. The molecule has 6 nitrogen and oxygen atoms in total. The van der Waals surface area contributed by atoms with Crippen LogP contribution in [0, 0.1) is 0 Å². The molecule has 0 spiro atoms. The van der Waals surface area contributed by atoms with Crippen molar-refractivity contribution in [1.82, 2.24) is 9.71 Å². The van der Waals surface area contributed by atoms with Gasteiger partial charge < -0.3 is 9.64 Å². The molecule has 1 aliphatic rings. The van der Waals surface area contributed by atoms with Crippen LogP contribution in [0.4, 0.5) is 5.82 Å². The first-order valence-electron chi connectivity index (χ1n) is 8.51. The summed E-state index contributed by atoms with van der Waals surface area (Å²) in [5.41, 5.74) is 0.895. The molecule has 134 valence electrons. The molecular weight excluding hydrogens is 338 g/mol. The Morgan fingerprint density at radius 2 is 1.88 bits per heavy atom. The molecule has 0 amide bonds. The zero-order valence-electron chi connectivity index (χ0n) is 14.3. The van der Waals surface area contributed by atoms with Crippen LogP contribution in [0.5, 0.6) is 5.75 Å². The summed E-state index contributed by atoms with van der Waals surface area (Å²) >= 11 is 0. The maximum Gasteiger partial charge on any atom is 0.240 e. The molecule has 1 saturated heterocycles. The van der Waals surface area contributed by atoms with E-state index in [-0.39, 0.29) is 11.4 Å². The fraction of sp³-hybridized carbons (Fsp3) is 0.389. The van der Waals surface area contributed by atoms with E-state index in [9.17, 15) is 8.42 Å². The van der Waals surface area contributed by atoms with Gasteiger partial charge in [-0.25, -0.2) is 18.1 Å². The Bertz CT molecular complexity index is 801. The van der Waals surface area contributed by atoms with Crippen molar-refractivity contribution >= 4 is 15.8 Å². The number of rotatable bonds is 7. The quantitative estimate of drug-likeness (QED) is 0.821. The zero-order chi connectivity index (χ0) is 17.7. The first-order chi connectivity index (χ1) is 12.1. The van der Waals surface area contributed by atoms with Gasteiger partial charge >= 0.3 is 0 Å². The van der Waals surface area contributed by atoms with Crippen LogP contribution < -0.4 is 14.4 Å². The minimum Gasteiger partial charge on any atom is -0.494 e. The highest BCUT2D eigenvalue weighted by Crippen LogP contribution is 2.19. The van der Waals surface area contributed by atoms with Crippen LogP contribution in [0.15, 0.2) is 47.5 Å². The van der Waals surface area contributed by atoms with E-state index in [1.165, 1.54) is 12.8 Å². The Labute approximate surface area is 148 Å². The van der Waals surface area contributed by atoms with Crippen LogP contribution in [0.1, 0.15) is 25.3 Å². The average Bonchev–Trinajstić information content (AvgIpc) is 3.16. The molecule has 25 heavy (non-hydrogen) atoms. The van der Waals surface area contributed by atoms with Gasteiger partial charge in [-0.1, -0.05) is 0 Å². The van der Waals surface area contributed by atoms with Crippen LogP contribution in [0.2, 0.25) is 0 Å². The van der Waals surface area contributed by atoms with Crippen molar-refractivity contribution in [2.24, 2.45) is 0 Å². The van der Waals surface area contributed by atoms with Crippen molar-refractivity contribution in [3.63, 3.8) is 0 Å². The lowest BCUT2D eigenvalue weighted by Crippen LogP contribution is -2.24. The van der Waals surface area contributed by atoms with E-state index in [1.807, 2.05) is 19.1 Å². The molecule has 1 aliphatic heterocycles. The number of aromatic nitrogens is 1. The van der Waals surface area contributed by atoms with Crippen molar-refractivity contribution in [3.05, 3.63) is 48.2 Å². The Hall–Kier alpha value is -2.12. The van der Waals surface area contributed by atoms with Gasteiger partial charge in [0.05, 0.1) is 11.5 Å². The Balaban J connectivity index is 1.66. The van der Waals surface area contributed by atoms with Gasteiger partial charge in [-0.2, -0.15) is 0 Å². The highest BCUT2D eigenvalue weighted by molar-refractivity contribution is 7.89. The van der Waals surface area contributed by atoms with E-state index < -0.39 is 10.0 Å². The van der Waals surface area contributed by atoms with Crippen molar-refractivity contribution in [1.29, 1.82) is 0 Å². The summed E-state index contributed by atoms with van der Waals surface area (Å²) in [5.74, 6) is 1.57. The number of sulfonamides is 1. The summed E-state index contributed by atoms with van der Waals surface area (Å²) in [6, 6.07) is 10.2. The van der Waals surface area contributed by atoms with Gasteiger partial charge in [0.2, 0.25) is 10.0 Å². The molecule has 3 rings (SSSR count). The van der Waals surface area contributed by atoms with Gasteiger partial charge in [0.25, 0.3) is 0 Å². The summed E-state index contributed by atoms with van der Waals surface area (Å²) < 4.78 is 32.9. The number of pyridine rings is 1. The van der Waals surface area contributed by atoms with Crippen molar-refractivity contribution in [2.75, 3.05) is 24.6 Å². The first-order valence-corrected chi connectivity index (χ1v) is 9.99. The molecule has 0 atom stereocenters. The third-order valence-electron chi connectivity index (χ3n) is 4.15. The lowest BCUT2D eigenvalue weighted by Gasteiger charge is -2.17. The molecule has 2 aromatic rings. The highest BCUT2D eigenvalue weighted by atomic mass is 32.2. The highest BCUT2D eigenvalue weighted by Gasteiger charge is 2.16. The lowest BCUT2D eigenvalue weighted by molar-refractivity contribution is 0.340. The first kappa shape index (κ1) is 17.7. The number of nitrogens with one attached hydrogen (secondary N) is 1. The molecule has 0 aliphatic carbocycles. The summed E-state index contributed by atoms with van der Waals surface area (Å²) in [4.78, 5) is 6.84. The predicted octanol–water partition coefficient (Wildman–Crippen LogP) is 2.56. The molecule has 1 N–H and O–H groups in total. The number of anilines is 1. The van der Waals surface area contributed by atoms with E-state index >= 15 is 0 Å². The van der Waals surface area contributed by atoms with Crippen LogP contribution in [0.3, 0.4) is 0 Å². The van der Waals surface area contributed by atoms with Crippen LogP contribution in [-0.4, -0.2) is 33.1 Å². The third kappa shape index (κ3) is 4.49. The molecular formula is C18H23N3O3S. The van der Waals surface area contributed by atoms with Crippen LogP contribution in [-0.2, 0) is 16.6 Å². The second kappa shape index (κ2) is 7.84. The van der Waals surface area contributed by atoms with Gasteiger partial charge in [-0.05, 0) is 61.7 Å². The van der Waals surface area contributed by atoms with E-state index in [0.29, 0.717) is 12.4 Å². The van der Waals surface area contributed by atoms with Crippen molar-refractivity contribution in [2.45, 2.75) is 31.2 Å². The number of hydrogen-bond acceptors (Lipinski definition) is 5. The minimum atomic E-state index is -3.56. The lowest BCUT2D eigenvalue weighted by atomic mass is 10.2. The summed E-state index contributed by atoms with van der Waals surface area (Å²) in [6.07, 6.45) is 4.08. The van der Waals surface area contributed by atoms with Gasteiger partial charge in [0, 0.05) is 25.8 Å². The molecule has 0 radical (unpaired) electrons. The Kier molecular flexibility index (Phi) is 5.55. The van der Waals surface area contributed by atoms with Crippen molar-refractivity contribution < 1.29 is 13.2 Å². The average molecular weight is 361 g/mol. The van der Waals surface area contributed by atoms with Crippen molar-refractivity contribution in [3.8, 4) is 5.75 Å². The molecule has 2 heterocycles. The van der Waals surface area contributed by atoms with E-state index in [4.69, 9.17) is 4.74 Å². The second-order valence-electron chi connectivity index (χ2n) is 5.95. The molecule has 0 saturated carbocycles. The smallest absolute Gasteiger partial charge is 0.240 e. The molecule has 1 aromatic carbocycles. The van der Waals surface area contributed by atoms with E-state index in [2.05, 4.69) is 14.6 Å². The molecule has 0 unspecified atom stereocenters. The monoisotopic (exact) mass is 361 g/mol. The molecule has 1 fully saturated rings. The minimum absolute atomic E-state index is 0.227. The fourth-order valence-electron chi connectivity index (χ4n) is 2.83. The molecule has 7 heteroatoms. The normalized spacial score (nSPS) is 14.7.